The maximum Gasteiger partial charge on any atom is 0.274 e. The van der Waals surface area contributed by atoms with Gasteiger partial charge in [-0.3, -0.25) is 9.48 Å². The molecule has 0 aliphatic rings. The number of aryl methyl sites for hydroxylation is 3. The van der Waals surface area contributed by atoms with Crippen LogP contribution in [0.5, 0.6) is 0 Å². The van der Waals surface area contributed by atoms with Crippen LogP contribution in [0, 0.1) is 13.8 Å². The van der Waals surface area contributed by atoms with E-state index in [1.165, 1.54) is 0 Å². The highest BCUT2D eigenvalue weighted by Crippen LogP contribution is 2.20. The Hall–Kier alpha value is -1.89. The smallest absolute Gasteiger partial charge is 0.274 e. The molecule has 1 amide bonds. The number of nitrogen functional groups attached to an aromatic ring is 1. The van der Waals surface area contributed by atoms with Crippen molar-refractivity contribution < 1.29 is 4.79 Å². The van der Waals surface area contributed by atoms with E-state index in [1.807, 2.05) is 20.8 Å². The molecule has 20 heavy (non-hydrogen) atoms. The monoisotopic (exact) mass is 293 g/mol. The third-order valence-electron chi connectivity index (χ3n) is 3.08. The molecule has 2 aromatic heterocycles. The Morgan fingerprint density at radius 1 is 1.50 bits per heavy atom. The molecule has 0 aliphatic carbocycles. The van der Waals surface area contributed by atoms with E-state index < -0.39 is 0 Å². The number of nitrogens with two attached hydrogens (primary N) is 1. The van der Waals surface area contributed by atoms with Crippen LogP contribution in [0.15, 0.2) is 6.20 Å². The van der Waals surface area contributed by atoms with E-state index in [2.05, 4.69) is 10.1 Å². The number of anilines is 1. The number of hydrogen-bond donors (Lipinski definition) is 1. The van der Waals surface area contributed by atoms with Crippen molar-refractivity contribution in [3.05, 3.63) is 27.5 Å². The van der Waals surface area contributed by atoms with Gasteiger partial charge >= 0.3 is 0 Å². The first-order chi connectivity index (χ1) is 9.43. The number of rotatable bonds is 4. The van der Waals surface area contributed by atoms with Crippen LogP contribution in [-0.4, -0.2) is 32.6 Å². The fraction of sp³-hybridized carbons (Fsp3) is 0.462. The van der Waals surface area contributed by atoms with Crippen molar-refractivity contribution in [3.8, 4) is 0 Å². The SMILES string of the molecule is CCn1nc(C)c(N)c1C(=O)N(C)Cc1cnc(C)s1. The van der Waals surface area contributed by atoms with Gasteiger partial charge in [0, 0.05) is 24.7 Å². The average molecular weight is 293 g/mol. The molecule has 6 nitrogen and oxygen atoms in total. The zero-order valence-electron chi connectivity index (χ0n) is 12.2. The molecule has 0 unspecified atom stereocenters. The molecule has 108 valence electrons. The Bertz CT molecular complexity index is 631. The van der Waals surface area contributed by atoms with Gasteiger partial charge in [0.05, 0.1) is 22.9 Å². The van der Waals surface area contributed by atoms with Crippen molar-refractivity contribution in [1.29, 1.82) is 0 Å². The molecule has 0 fully saturated rings. The normalized spacial score (nSPS) is 10.8. The third kappa shape index (κ3) is 2.67. The lowest BCUT2D eigenvalue weighted by molar-refractivity contribution is 0.0775. The fourth-order valence-corrected chi connectivity index (χ4v) is 2.86. The van der Waals surface area contributed by atoms with Crippen LogP contribution in [0.25, 0.3) is 0 Å². The fourth-order valence-electron chi connectivity index (χ4n) is 2.01. The Morgan fingerprint density at radius 3 is 2.75 bits per heavy atom. The van der Waals surface area contributed by atoms with Crippen molar-refractivity contribution in [2.24, 2.45) is 0 Å². The first kappa shape index (κ1) is 14.5. The van der Waals surface area contributed by atoms with Crippen molar-refractivity contribution in [3.63, 3.8) is 0 Å². The van der Waals surface area contributed by atoms with E-state index in [-0.39, 0.29) is 5.91 Å². The van der Waals surface area contributed by atoms with Crippen LogP contribution in [0.4, 0.5) is 5.69 Å². The first-order valence-corrected chi connectivity index (χ1v) is 7.25. The number of hydrogen-bond acceptors (Lipinski definition) is 5. The van der Waals surface area contributed by atoms with Crippen molar-refractivity contribution in [2.45, 2.75) is 33.9 Å². The summed E-state index contributed by atoms with van der Waals surface area (Å²) in [6.45, 7) is 6.84. The van der Waals surface area contributed by atoms with Gasteiger partial charge in [0.15, 0.2) is 0 Å². The second-order valence-electron chi connectivity index (χ2n) is 4.67. The second-order valence-corrected chi connectivity index (χ2v) is 5.99. The third-order valence-corrected chi connectivity index (χ3v) is 3.98. The van der Waals surface area contributed by atoms with E-state index >= 15 is 0 Å². The Labute approximate surface area is 122 Å². The van der Waals surface area contributed by atoms with Crippen LogP contribution in [0.1, 0.15) is 33.0 Å². The summed E-state index contributed by atoms with van der Waals surface area (Å²) >= 11 is 1.59. The molecule has 0 saturated heterocycles. The largest absolute Gasteiger partial charge is 0.395 e. The number of carbonyl (C=O) groups is 1. The molecule has 0 aliphatic heterocycles. The van der Waals surface area contributed by atoms with Crippen molar-refractivity contribution in [2.75, 3.05) is 12.8 Å². The highest BCUT2D eigenvalue weighted by atomic mass is 32.1. The molecule has 2 aromatic rings. The molecular weight excluding hydrogens is 274 g/mol. The van der Waals surface area contributed by atoms with Gasteiger partial charge in [0.2, 0.25) is 0 Å². The minimum absolute atomic E-state index is 0.115. The standard InChI is InChI=1S/C13H19N5OS/c1-5-18-12(11(14)8(2)16-18)13(19)17(4)7-10-6-15-9(3)20-10/h6H,5,7,14H2,1-4H3. The van der Waals surface area contributed by atoms with Crippen molar-refractivity contribution in [1.82, 2.24) is 19.7 Å². The lowest BCUT2D eigenvalue weighted by Gasteiger charge is -2.17. The Balaban J connectivity index is 2.22. The summed E-state index contributed by atoms with van der Waals surface area (Å²) in [6, 6.07) is 0. The Morgan fingerprint density at radius 2 is 2.20 bits per heavy atom. The molecule has 2 N–H and O–H groups in total. The summed E-state index contributed by atoms with van der Waals surface area (Å²) < 4.78 is 1.65. The summed E-state index contributed by atoms with van der Waals surface area (Å²) in [5, 5.41) is 5.27. The van der Waals surface area contributed by atoms with Gasteiger partial charge in [-0.15, -0.1) is 11.3 Å². The van der Waals surface area contributed by atoms with E-state index in [1.54, 1.807) is 34.2 Å². The van der Waals surface area contributed by atoms with Gasteiger partial charge in [-0.2, -0.15) is 5.10 Å². The number of aromatic nitrogens is 3. The molecule has 0 bridgehead atoms. The van der Waals surface area contributed by atoms with Crippen LogP contribution in [0.2, 0.25) is 0 Å². The topological polar surface area (TPSA) is 77.0 Å². The van der Waals surface area contributed by atoms with Gasteiger partial charge in [-0.25, -0.2) is 4.98 Å². The van der Waals surface area contributed by atoms with Crippen LogP contribution >= 0.6 is 11.3 Å². The molecular formula is C13H19N5OS. The van der Waals surface area contributed by atoms with Gasteiger partial charge in [-0.05, 0) is 20.8 Å². The number of nitrogens with zero attached hydrogens (tertiary/aromatic N) is 4. The highest BCUT2D eigenvalue weighted by Gasteiger charge is 2.22. The van der Waals surface area contributed by atoms with Gasteiger partial charge in [-0.1, -0.05) is 0 Å². The summed E-state index contributed by atoms with van der Waals surface area (Å²) in [5.74, 6) is -0.115. The zero-order valence-corrected chi connectivity index (χ0v) is 13.0. The van der Waals surface area contributed by atoms with Crippen LogP contribution < -0.4 is 5.73 Å². The Kier molecular flexibility index (Phi) is 4.08. The van der Waals surface area contributed by atoms with Crippen molar-refractivity contribution >= 4 is 22.9 Å². The molecule has 0 atom stereocenters. The summed E-state index contributed by atoms with van der Waals surface area (Å²) in [7, 11) is 1.76. The van der Waals surface area contributed by atoms with Gasteiger partial charge < -0.3 is 10.6 Å². The van der Waals surface area contributed by atoms with Crippen LogP contribution in [-0.2, 0) is 13.1 Å². The minimum Gasteiger partial charge on any atom is -0.395 e. The molecule has 0 spiro atoms. The summed E-state index contributed by atoms with van der Waals surface area (Å²) in [6.07, 6.45) is 1.80. The molecule has 7 heteroatoms. The number of thiazole rings is 1. The van der Waals surface area contributed by atoms with E-state index in [0.717, 1.165) is 9.88 Å². The predicted molar refractivity (Wildman–Crippen MR) is 79.7 cm³/mol. The van der Waals surface area contributed by atoms with E-state index in [9.17, 15) is 4.79 Å². The first-order valence-electron chi connectivity index (χ1n) is 6.43. The maximum absolute atomic E-state index is 12.5. The molecule has 0 saturated carbocycles. The molecule has 2 rings (SSSR count). The van der Waals surface area contributed by atoms with E-state index in [4.69, 9.17) is 5.73 Å². The minimum atomic E-state index is -0.115. The quantitative estimate of drug-likeness (QED) is 0.933. The highest BCUT2D eigenvalue weighted by molar-refractivity contribution is 7.11. The molecule has 0 aromatic carbocycles. The molecule has 2 heterocycles. The number of amides is 1. The van der Waals surface area contributed by atoms with Gasteiger partial charge in [0.1, 0.15) is 5.69 Å². The second kappa shape index (κ2) is 5.62. The summed E-state index contributed by atoms with van der Waals surface area (Å²) in [5.41, 5.74) is 7.60. The summed E-state index contributed by atoms with van der Waals surface area (Å²) in [4.78, 5) is 19.4. The zero-order chi connectivity index (χ0) is 14.9. The maximum atomic E-state index is 12.5. The molecule has 0 radical (unpaired) electrons. The average Bonchev–Trinajstić information content (AvgIpc) is 2.93. The number of carbonyl (C=O) groups excluding carboxylic acids is 1. The lowest BCUT2D eigenvalue weighted by Crippen LogP contribution is -2.29. The predicted octanol–water partition coefficient (Wildman–Crippen LogP) is 1.83. The van der Waals surface area contributed by atoms with Gasteiger partial charge in [0.25, 0.3) is 5.91 Å². The van der Waals surface area contributed by atoms with E-state index in [0.29, 0.717) is 30.2 Å². The lowest BCUT2D eigenvalue weighted by atomic mass is 10.2. The van der Waals surface area contributed by atoms with Crippen LogP contribution in [0.3, 0.4) is 0 Å².